The first-order valence-corrected chi connectivity index (χ1v) is 8.44. The molecule has 1 aromatic heterocycles. The van der Waals surface area contributed by atoms with Crippen LogP contribution in [0.2, 0.25) is 5.02 Å². The van der Waals surface area contributed by atoms with E-state index in [4.69, 9.17) is 20.8 Å². The molecule has 23 heavy (non-hydrogen) atoms. The van der Waals surface area contributed by atoms with E-state index in [1.54, 1.807) is 0 Å². The number of rotatable bonds is 6. The van der Waals surface area contributed by atoms with Gasteiger partial charge in [-0.3, -0.25) is 0 Å². The summed E-state index contributed by atoms with van der Waals surface area (Å²) >= 11 is 7.44. The van der Waals surface area contributed by atoms with Crippen molar-refractivity contribution >= 4 is 23.4 Å². The summed E-state index contributed by atoms with van der Waals surface area (Å²) in [5.74, 6) is 1.97. The maximum Gasteiger partial charge on any atom is 0.277 e. The highest BCUT2D eigenvalue weighted by Gasteiger charge is 2.08. The Morgan fingerprint density at radius 3 is 2.83 bits per heavy atom. The van der Waals surface area contributed by atoms with Crippen molar-refractivity contribution in [2.45, 2.75) is 24.5 Å². The van der Waals surface area contributed by atoms with E-state index in [1.165, 1.54) is 11.8 Å². The van der Waals surface area contributed by atoms with E-state index in [2.05, 4.69) is 10.2 Å². The topological polar surface area (TPSA) is 48.2 Å². The largest absolute Gasteiger partial charge is 0.484 e. The fraction of sp³-hybridized carbons (Fsp3) is 0.176. The van der Waals surface area contributed by atoms with Gasteiger partial charge in [-0.25, -0.2) is 0 Å². The molecule has 118 valence electrons. The SMILES string of the molecule is Cc1cccc(OCc2nnc(SCc3cccc(Cl)c3)o2)c1. The van der Waals surface area contributed by atoms with Gasteiger partial charge in [0.25, 0.3) is 11.1 Å². The Labute approximate surface area is 143 Å². The van der Waals surface area contributed by atoms with Crippen LogP contribution in [0.3, 0.4) is 0 Å². The van der Waals surface area contributed by atoms with Crippen LogP contribution in [0.1, 0.15) is 17.0 Å². The fourth-order valence-electron chi connectivity index (χ4n) is 1.98. The molecule has 0 unspecified atom stereocenters. The van der Waals surface area contributed by atoms with Crippen molar-refractivity contribution in [2.24, 2.45) is 0 Å². The summed E-state index contributed by atoms with van der Waals surface area (Å²) < 4.78 is 11.2. The summed E-state index contributed by atoms with van der Waals surface area (Å²) in [7, 11) is 0. The summed E-state index contributed by atoms with van der Waals surface area (Å²) in [6.07, 6.45) is 0. The van der Waals surface area contributed by atoms with Crippen LogP contribution >= 0.6 is 23.4 Å². The van der Waals surface area contributed by atoms with Gasteiger partial charge >= 0.3 is 0 Å². The second-order valence-corrected chi connectivity index (χ2v) is 6.35. The molecule has 0 saturated heterocycles. The predicted octanol–water partition coefficient (Wildman–Crippen LogP) is 4.90. The fourth-order valence-corrected chi connectivity index (χ4v) is 2.91. The van der Waals surface area contributed by atoms with Gasteiger partial charge < -0.3 is 9.15 Å². The highest BCUT2D eigenvalue weighted by Crippen LogP contribution is 2.23. The number of benzene rings is 2. The van der Waals surface area contributed by atoms with Gasteiger partial charge in [0.2, 0.25) is 0 Å². The van der Waals surface area contributed by atoms with E-state index >= 15 is 0 Å². The van der Waals surface area contributed by atoms with Crippen LogP contribution in [0, 0.1) is 6.92 Å². The van der Waals surface area contributed by atoms with E-state index in [0.717, 1.165) is 27.7 Å². The molecule has 0 atom stereocenters. The Kier molecular flexibility index (Phi) is 5.20. The summed E-state index contributed by atoms with van der Waals surface area (Å²) in [6, 6.07) is 15.5. The highest BCUT2D eigenvalue weighted by molar-refractivity contribution is 7.98. The smallest absolute Gasteiger partial charge is 0.277 e. The van der Waals surface area contributed by atoms with Gasteiger partial charge in [-0.15, -0.1) is 10.2 Å². The number of aromatic nitrogens is 2. The maximum absolute atomic E-state index is 5.96. The molecule has 3 rings (SSSR count). The van der Waals surface area contributed by atoms with Gasteiger partial charge in [-0.2, -0.15) is 0 Å². The van der Waals surface area contributed by atoms with Crippen LogP contribution in [0.5, 0.6) is 5.75 Å². The molecular weight excluding hydrogens is 332 g/mol. The molecule has 0 radical (unpaired) electrons. The molecular formula is C17H15ClN2O2S. The van der Waals surface area contributed by atoms with Crippen molar-refractivity contribution in [3.63, 3.8) is 0 Å². The molecule has 6 heteroatoms. The molecule has 0 aliphatic rings. The van der Waals surface area contributed by atoms with Crippen molar-refractivity contribution in [2.75, 3.05) is 0 Å². The average molecular weight is 347 g/mol. The normalized spacial score (nSPS) is 10.7. The molecule has 0 saturated carbocycles. The molecule has 4 nitrogen and oxygen atoms in total. The molecule has 0 amide bonds. The number of thioether (sulfide) groups is 1. The van der Waals surface area contributed by atoms with Crippen molar-refractivity contribution in [1.29, 1.82) is 0 Å². The first kappa shape index (κ1) is 15.9. The summed E-state index contributed by atoms with van der Waals surface area (Å²) in [6.45, 7) is 2.28. The third-order valence-electron chi connectivity index (χ3n) is 3.05. The Morgan fingerprint density at radius 1 is 1.13 bits per heavy atom. The van der Waals surface area contributed by atoms with Crippen molar-refractivity contribution < 1.29 is 9.15 Å². The Bertz CT molecular complexity index is 728. The minimum absolute atomic E-state index is 0.258. The Balaban J connectivity index is 1.53. The van der Waals surface area contributed by atoms with E-state index in [9.17, 15) is 0 Å². The van der Waals surface area contributed by atoms with Gasteiger partial charge in [0.15, 0.2) is 6.61 Å². The van der Waals surface area contributed by atoms with Crippen LogP contribution in [-0.2, 0) is 12.4 Å². The first-order valence-electron chi connectivity index (χ1n) is 7.08. The van der Waals surface area contributed by atoms with Gasteiger partial charge in [0.05, 0.1) is 0 Å². The predicted molar refractivity (Wildman–Crippen MR) is 90.8 cm³/mol. The van der Waals surface area contributed by atoms with E-state index < -0.39 is 0 Å². The highest BCUT2D eigenvalue weighted by atomic mass is 35.5. The van der Waals surface area contributed by atoms with Crippen molar-refractivity contribution in [1.82, 2.24) is 10.2 Å². The summed E-state index contributed by atoms with van der Waals surface area (Å²) in [5.41, 5.74) is 2.25. The monoisotopic (exact) mass is 346 g/mol. The average Bonchev–Trinajstić information content (AvgIpc) is 2.99. The number of hydrogen-bond acceptors (Lipinski definition) is 5. The van der Waals surface area contributed by atoms with Crippen LogP contribution in [0.15, 0.2) is 58.2 Å². The number of aryl methyl sites for hydroxylation is 1. The minimum Gasteiger partial charge on any atom is -0.484 e. The van der Waals surface area contributed by atoms with Crippen molar-refractivity contribution in [3.05, 3.63) is 70.6 Å². The van der Waals surface area contributed by atoms with Gasteiger partial charge in [-0.1, -0.05) is 47.6 Å². The molecule has 0 bridgehead atoms. The van der Waals surface area contributed by atoms with E-state index in [1.807, 2.05) is 55.5 Å². The molecule has 0 N–H and O–H groups in total. The third-order valence-corrected chi connectivity index (χ3v) is 4.18. The number of hydrogen-bond donors (Lipinski definition) is 0. The van der Waals surface area contributed by atoms with E-state index in [0.29, 0.717) is 11.1 Å². The second-order valence-electron chi connectivity index (χ2n) is 4.99. The maximum atomic E-state index is 5.96. The molecule has 2 aromatic carbocycles. The quantitative estimate of drug-likeness (QED) is 0.594. The zero-order valence-corrected chi connectivity index (χ0v) is 14.1. The van der Waals surface area contributed by atoms with Gasteiger partial charge in [0.1, 0.15) is 5.75 Å². The molecule has 0 aliphatic heterocycles. The Morgan fingerprint density at radius 2 is 2.00 bits per heavy atom. The number of nitrogens with zero attached hydrogens (tertiary/aromatic N) is 2. The lowest BCUT2D eigenvalue weighted by Crippen LogP contribution is -1.95. The lowest BCUT2D eigenvalue weighted by Gasteiger charge is -2.03. The second kappa shape index (κ2) is 7.53. The molecule has 3 aromatic rings. The number of halogens is 1. The van der Waals surface area contributed by atoms with Crippen LogP contribution in [0.4, 0.5) is 0 Å². The summed E-state index contributed by atoms with van der Waals surface area (Å²) in [4.78, 5) is 0. The first-order chi connectivity index (χ1) is 11.2. The van der Waals surface area contributed by atoms with Crippen LogP contribution in [-0.4, -0.2) is 10.2 Å². The lowest BCUT2D eigenvalue weighted by molar-refractivity contribution is 0.252. The third kappa shape index (κ3) is 4.74. The van der Waals surface area contributed by atoms with Crippen molar-refractivity contribution in [3.8, 4) is 5.75 Å². The standard InChI is InChI=1S/C17H15ClN2O2S/c1-12-4-2-7-15(8-12)21-10-16-19-20-17(22-16)23-11-13-5-3-6-14(18)9-13/h2-9H,10-11H2,1H3. The Hall–Kier alpha value is -1.98. The zero-order valence-electron chi connectivity index (χ0n) is 12.5. The zero-order chi connectivity index (χ0) is 16.1. The van der Waals surface area contributed by atoms with Crippen LogP contribution < -0.4 is 4.74 Å². The van der Waals surface area contributed by atoms with E-state index in [-0.39, 0.29) is 6.61 Å². The van der Waals surface area contributed by atoms with Crippen LogP contribution in [0.25, 0.3) is 0 Å². The number of ether oxygens (including phenoxy) is 1. The molecule has 0 aliphatic carbocycles. The minimum atomic E-state index is 0.258. The summed E-state index contributed by atoms with van der Waals surface area (Å²) in [5, 5.41) is 9.26. The molecule has 1 heterocycles. The lowest BCUT2D eigenvalue weighted by atomic mass is 10.2. The van der Waals surface area contributed by atoms with Gasteiger partial charge in [-0.05, 0) is 42.3 Å². The molecule has 0 fully saturated rings. The van der Waals surface area contributed by atoms with Gasteiger partial charge in [0, 0.05) is 10.8 Å². The molecule has 0 spiro atoms.